The second kappa shape index (κ2) is 5.45. The van der Waals surface area contributed by atoms with Crippen LogP contribution in [0.15, 0.2) is 12.2 Å². The molecule has 4 fully saturated rings. The van der Waals surface area contributed by atoms with Gasteiger partial charge >= 0.3 is 7.12 Å². The molecule has 0 aromatic rings. The minimum Gasteiger partial charge on any atom is -0.405 e. The maximum atomic E-state index is 8.50. The van der Waals surface area contributed by atoms with Gasteiger partial charge in [-0.05, 0) is 49.9 Å². The molecule has 1 heterocycles. The molecule has 0 amide bonds. The second-order valence-electron chi connectivity index (χ2n) is 7.66. The van der Waals surface area contributed by atoms with E-state index in [1.54, 1.807) is 0 Å². The molecule has 4 aliphatic rings. The average molecular weight is 287 g/mol. The van der Waals surface area contributed by atoms with E-state index in [4.69, 9.17) is 14.6 Å². The predicted molar refractivity (Wildman–Crippen MR) is 83.5 cm³/mol. The van der Waals surface area contributed by atoms with Gasteiger partial charge in [-0.15, -0.1) is 0 Å². The van der Waals surface area contributed by atoms with Gasteiger partial charge < -0.3 is 9.31 Å². The molecule has 1 saturated heterocycles. The lowest BCUT2D eigenvalue weighted by atomic mass is 9.43. The fourth-order valence-electron chi connectivity index (χ4n) is 4.68. The van der Waals surface area contributed by atoms with Crippen LogP contribution in [0, 0.1) is 28.6 Å². The summed E-state index contributed by atoms with van der Waals surface area (Å²) in [6.45, 7) is 7.04. The number of allylic oxidation sites excluding steroid dienone is 2. The summed E-state index contributed by atoms with van der Waals surface area (Å²) in [4.78, 5) is 0. The highest BCUT2D eigenvalue weighted by atomic mass is 16.7. The molecule has 1 aliphatic heterocycles. The van der Waals surface area contributed by atoms with Crippen molar-refractivity contribution in [3.63, 3.8) is 0 Å². The summed E-state index contributed by atoms with van der Waals surface area (Å²) in [6.07, 6.45) is 10.4. The van der Waals surface area contributed by atoms with Crippen molar-refractivity contribution in [2.45, 2.75) is 70.9 Å². The van der Waals surface area contributed by atoms with Crippen molar-refractivity contribution in [1.82, 2.24) is 0 Å². The van der Waals surface area contributed by atoms with Gasteiger partial charge in [0.05, 0.1) is 17.8 Å². The van der Waals surface area contributed by atoms with Crippen LogP contribution in [0.3, 0.4) is 0 Å². The van der Waals surface area contributed by atoms with Crippen LogP contribution in [0.4, 0.5) is 0 Å². The lowest BCUT2D eigenvalue weighted by molar-refractivity contribution is -0.199. The normalized spacial score (nSPS) is 39.9. The Morgan fingerprint density at radius 1 is 1.29 bits per heavy atom. The fraction of sp³-hybridized carbons (Fsp3) is 0.824. The smallest absolute Gasteiger partial charge is 0.405 e. The summed E-state index contributed by atoms with van der Waals surface area (Å²) in [5, 5.41) is 8.50. The Bertz CT molecular complexity index is 470. The summed E-state index contributed by atoms with van der Waals surface area (Å²) in [5.74, 6) is 1.45. The Labute approximate surface area is 128 Å². The Balaban J connectivity index is 1.53. The summed E-state index contributed by atoms with van der Waals surface area (Å²) < 4.78 is 12.5. The van der Waals surface area contributed by atoms with E-state index in [2.05, 4.69) is 39.0 Å². The van der Waals surface area contributed by atoms with Crippen molar-refractivity contribution in [2.24, 2.45) is 17.3 Å². The largest absolute Gasteiger partial charge is 0.461 e. The zero-order chi connectivity index (χ0) is 15.1. The van der Waals surface area contributed by atoms with Crippen LogP contribution in [0.1, 0.15) is 52.9 Å². The van der Waals surface area contributed by atoms with E-state index in [0.717, 1.165) is 31.5 Å². The lowest BCUT2D eigenvalue weighted by Gasteiger charge is -2.64. The molecular formula is C17H26BNO2. The van der Waals surface area contributed by atoms with Crippen molar-refractivity contribution in [3.05, 3.63) is 12.2 Å². The number of hydrogen-bond acceptors (Lipinski definition) is 3. The zero-order valence-corrected chi connectivity index (χ0v) is 13.5. The first-order valence-corrected chi connectivity index (χ1v) is 8.33. The minimum absolute atomic E-state index is 0.0811. The van der Waals surface area contributed by atoms with Crippen molar-refractivity contribution in [1.29, 1.82) is 5.26 Å². The van der Waals surface area contributed by atoms with Crippen LogP contribution in [-0.2, 0) is 9.31 Å². The lowest BCUT2D eigenvalue weighted by Crippen LogP contribution is -2.65. The molecule has 3 aliphatic carbocycles. The fourth-order valence-corrected chi connectivity index (χ4v) is 4.68. The van der Waals surface area contributed by atoms with Gasteiger partial charge in [0, 0.05) is 12.7 Å². The van der Waals surface area contributed by atoms with Gasteiger partial charge in [0.15, 0.2) is 0 Å². The highest BCUT2D eigenvalue weighted by molar-refractivity contribution is 6.46. The van der Waals surface area contributed by atoms with Gasteiger partial charge in [0.1, 0.15) is 0 Å². The summed E-state index contributed by atoms with van der Waals surface area (Å²) in [6, 6.07) is 2.17. The molecule has 0 N–H and O–H groups in total. The van der Waals surface area contributed by atoms with Crippen LogP contribution in [-0.4, -0.2) is 18.8 Å². The number of nitrogens with zero attached hydrogens (tertiary/aromatic N) is 1. The third kappa shape index (κ3) is 2.45. The van der Waals surface area contributed by atoms with Crippen LogP contribution < -0.4 is 0 Å². The SMILES string of the molecule is CC1(C)[C@@H]2C[C@H]3OB(C/C=C/CCCC#N)O[C@@]3(C)[C@H]1C2. The van der Waals surface area contributed by atoms with Crippen LogP contribution in [0.25, 0.3) is 0 Å². The first-order chi connectivity index (χ1) is 9.98. The zero-order valence-electron chi connectivity index (χ0n) is 13.5. The molecule has 0 radical (unpaired) electrons. The van der Waals surface area contributed by atoms with Crippen LogP contribution in [0.2, 0.25) is 6.32 Å². The molecule has 0 aromatic heterocycles. The van der Waals surface area contributed by atoms with Gasteiger partial charge in [-0.3, -0.25) is 0 Å². The third-order valence-corrected chi connectivity index (χ3v) is 6.16. The Morgan fingerprint density at radius 2 is 2.10 bits per heavy atom. The monoisotopic (exact) mass is 287 g/mol. The number of nitriles is 1. The summed E-state index contributed by atoms with van der Waals surface area (Å²) >= 11 is 0. The van der Waals surface area contributed by atoms with E-state index in [9.17, 15) is 0 Å². The van der Waals surface area contributed by atoms with Gasteiger partial charge in [-0.2, -0.15) is 5.26 Å². The van der Waals surface area contributed by atoms with E-state index in [-0.39, 0.29) is 18.8 Å². The predicted octanol–water partition coefficient (Wildman–Crippen LogP) is 3.96. The highest BCUT2D eigenvalue weighted by Gasteiger charge is 2.67. The number of unbranched alkanes of at least 4 members (excludes halogenated alkanes) is 2. The van der Waals surface area contributed by atoms with Crippen molar-refractivity contribution in [2.75, 3.05) is 0 Å². The van der Waals surface area contributed by atoms with Gasteiger partial charge in [-0.1, -0.05) is 26.0 Å². The second-order valence-corrected chi connectivity index (χ2v) is 7.66. The van der Waals surface area contributed by atoms with Crippen molar-refractivity contribution < 1.29 is 9.31 Å². The topological polar surface area (TPSA) is 42.2 Å². The number of rotatable bonds is 5. The number of hydrogen-bond donors (Lipinski definition) is 0. The van der Waals surface area contributed by atoms with E-state index >= 15 is 0 Å². The molecule has 114 valence electrons. The van der Waals surface area contributed by atoms with E-state index in [0.29, 0.717) is 17.8 Å². The van der Waals surface area contributed by atoms with E-state index in [1.165, 1.54) is 6.42 Å². The Kier molecular flexibility index (Phi) is 3.92. The van der Waals surface area contributed by atoms with Crippen LogP contribution >= 0.6 is 0 Å². The van der Waals surface area contributed by atoms with Crippen molar-refractivity contribution >= 4 is 7.12 Å². The van der Waals surface area contributed by atoms with Crippen molar-refractivity contribution in [3.8, 4) is 6.07 Å². The van der Waals surface area contributed by atoms with Gasteiger partial charge in [0.2, 0.25) is 0 Å². The standard InChI is InChI=1S/C17H26BNO2/c1-16(2)13-11-14(16)17(3)15(12-13)20-18(21-17)9-7-5-4-6-8-10-19/h5,7,13-15H,4,6,8-9,11-12H2,1-3H3/b7-5+/t13-,14-,15+,17-/m0/s1. The minimum atomic E-state index is -0.0857. The molecule has 3 nitrogen and oxygen atoms in total. The van der Waals surface area contributed by atoms with Crippen LogP contribution in [0.5, 0.6) is 0 Å². The molecule has 4 rings (SSSR count). The Morgan fingerprint density at radius 3 is 2.81 bits per heavy atom. The molecule has 4 heteroatoms. The first-order valence-electron chi connectivity index (χ1n) is 8.33. The molecule has 0 unspecified atom stereocenters. The maximum absolute atomic E-state index is 8.50. The molecule has 0 aromatic carbocycles. The molecule has 4 atom stereocenters. The molecule has 21 heavy (non-hydrogen) atoms. The van der Waals surface area contributed by atoms with Gasteiger partial charge in [0.25, 0.3) is 0 Å². The molecular weight excluding hydrogens is 261 g/mol. The summed E-state index contributed by atoms with van der Waals surface area (Å²) in [7, 11) is -0.0811. The Hall–Kier alpha value is -0.785. The maximum Gasteiger partial charge on any atom is 0.461 e. The molecule has 0 spiro atoms. The summed E-state index contributed by atoms with van der Waals surface area (Å²) in [5.41, 5.74) is 0.328. The quantitative estimate of drug-likeness (QED) is 0.436. The molecule has 3 saturated carbocycles. The average Bonchev–Trinajstić information content (AvgIpc) is 2.78. The van der Waals surface area contributed by atoms with E-state index in [1.807, 2.05) is 0 Å². The third-order valence-electron chi connectivity index (χ3n) is 6.16. The first kappa shape index (κ1) is 15.1. The van der Waals surface area contributed by atoms with E-state index < -0.39 is 0 Å². The molecule has 2 bridgehead atoms. The van der Waals surface area contributed by atoms with Gasteiger partial charge in [-0.25, -0.2) is 0 Å². The highest BCUT2D eigenvalue weighted by Crippen LogP contribution is 2.65.